The van der Waals surface area contributed by atoms with Crippen LogP contribution in [0.5, 0.6) is 5.75 Å². The summed E-state index contributed by atoms with van der Waals surface area (Å²) in [6.45, 7) is 29.3. The Morgan fingerprint density at radius 2 is 1.45 bits per heavy atom. The van der Waals surface area contributed by atoms with E-state index in [-0.39, 0.29) is 57.2 Å². The summed E-state index contributed by atoms with van der Waals surface area (Å²) in [7, 11) is 0. The Bertz CT molecular complexity index is 460. The Balaban J connectivity index is -0.0000000656. The first-order valence-electron chi connectivity index (χ1n) is 9.37. The number of ether oxygens (including phenoxy) is 1. The van der Waals surface area contributed by atoms with Gasteiger partial charge >= 0.3 is 51.4 Å². The molecule has 0 N–H and O–H groups in total. The van der Waals surface area contributed by atoms with Crippen molar-refractivity contribution in [3.8, 4) is 5.75 Å². The van der Waals surface area contributed by atoms with Crippen LogP contribution in [0.4, 0.5) is 4.39 Å². The molecule has 0 saturated heterocycles. The maximum absolute atomic E-state index is 12.4. The number of carbonyl (C=O) groups excluding carboxylic acids is 1. The zero-order valence-corrected chi connectivity index (χ0v) is 23.5. The van der Waals surface area contributed by atoms with Gasteiger partial charge in [-0.15, -0.1) is 0 Å². The first-order chi connectivity index (χ1) is 13.2. The van der Waals surface area contributed by atoms with Crippen molar-refractivity contribution in [2.75, 3.05) is 0 Å². The molecule has 4 heteroatoms. The number of halogens is 1. The van der Waals surface area contributed by atoms with Gasteiger partial charge in [0.15, 0.2) is 0 Å². The van der Waals surface area contributed by atoms with E-state index in [0.29, 0.717) is 11.5 Å². The molecule has 29 heavy (non-hydrogen) atoms. The average molecular weight is 433 g/mol. The molecule has 0 aliphatic heterocycles. The summed E-state index contributed by atoms with van der Waals surface area (Å²) in [4.78, 5) is 8.68. The van der Waals surface area contributed by atoms with Crippen LogP contribution in [0, 0.1) is 19.7 Å². The molecule has 164 valence electrons. The van der Waals surface area contributed by atoms with Gasteiger partial charge in [-0.3, -0.25) is 6.29 Å². The van der Waals surface area contributed by atoms with E-state index in [1.165, 1.54) is 55.5 Å². The fraction of sp³-hybridized carbons (Fsp3) is 0.400. The summed E-state index contributed by atoms with van der Waals surface area (Å²) in [6, 6.07) is 5.71. The van der Waals surface area contributed by atoms with Gasteiger partial charge in [0.1, 0.15) is 17.3 Å². The molecule has 0 aromatic heterocycles. The maximum Gasteiger partial charge on any atom is 1.00 e. The van der Waals surface area contributed by atoms with E-state index in [4.69, 9.17) is 9.53 Å². The Morgan fingerprint density at radius 3 is 1.66 bits per heavy atom. The van der Waals surface area contributed by atoms with Crippen LogP contribution >= 0.6 is 0 Å². The minimum absolute atomic E-state index is 0. The quantitative estimate of drug-likeness (QED) is 0.208. The van der Waals surface area contributed by atoms with Gasteiger partial charge in [-0.2, -0.15) is 20.3 Å². The minimum Gasteiger partial charge on any atom is -0.542 e. The molecule has 0 spiro atoms. The van der Waals surface area contributed by atoms with Crippen LogP contribution in [-0.4, -0.2) is 6.29 Å². The molecule has 0 amide bonds. The molecule has 1 rings (SSSR count). The Labute approximate surface area is 224 Å². The molecular formula is C25H42FKO2-2. The van der Waals surface area contributed by atoms with Crippen LogP contribution in [0.3, 0.4) is 0 Å². The summed E-state index contributed by atoms with van der Waals surface area (Å²) < 4.78 is 17.5. The third-order valence-corrected chi connectivity index (χ3v) is 1.87. The number of rotatable bonds is 3. The first kappa shape index (κ1) is 42.6. The van der Waals surface area contributed by atoms with Gasteiger partial charge in [-0.1, -0.05) is 52.0 Å². The van der Waals surface area contributed by atoms with Crippen molar-refractivity contribution in [1.82, 2.24) is 0 Å². The Kier molecular flexibility index (Phi) is 61.3. The van der Waals surface area contributed by atoms with Gasteiger partial charge in [0.05, 0.1) is 0 Å². The van der Waals surface area contributed by atoms with E-state index >= 15 is 0 Å². The second-order valence-electron chi connectivity index (χ2n) is 5.00. The van der Waals surface area contributed by atoms with Gasteiger partial charge in [0.25, 0.3) is 0 Å². The van der Waals surface area contributed by atoms with Gasteiger partial charge in [0.2, 0.25) is 0 Å². The fourth-order valence-electron chi connectivity index (χ4n) is 0.696. The molecule has 0 radical (unpaired) electrons. The van der Waals surface area contributed by atoms with Crippen molar-refractivity contribution in [3.63, 3.8) is 0 Å². The molecule has 1 aromatic carbocycles. The summed E-state index contributed by atoms with van der Waals surface area (Å²) in [5, 5.41) is 0. The third-order valence-electron chi connectivity index (χ3n) is 1.87. The first-order valence-corrected chi connectivity index (χ1v) is 9.37. The van der Waals surface area contributed by atoms with Gasteiger partial charge < -0.3 is 23.4 Å². The standard InChI is InChI=1S/C10H9FO.C5H10.C3H8.C3H7.C2H3O.C2H5.K/c1-3-8(2)12-10-6-4-9(11)5-7-10;1-4-5(2)3;2*1-3-2;1-2-3;1-2;/h3-7H,1-2H2;4H,1-3H3;3H2,1-2H3;1,3H2,2H3;1H3;1H2,2H3;/q;;;3*-1;+1. The largest absolute Gasteiger partial charge is 1.00 e. The smallest absolute Gasteiger partial charge is 0.542 e. The minimum atomic E-state index is -0.286. The molecule has 0 heterocycles. The monoisotopic (exact) mass is 432 g/mol. The SMILES string of the molecule is C=CC(=C)Oc1ccc(F)cc1.CC=C(C)C.CCC.C[C-]=O.[CH2-]C.[CH2-]CC.[K+]. The Morgan fingerprint density at radius 1 is 1.17 bits per heavy atom. The molecule has 0 bridgehead atoms. The van der Waals surface area contributed by atoms with Crippen LogP contribution in [0.25, 0.3) is 0 Å². The van der Waals surface area contributed by atoms with Crippen LogP contribution in [0.1, 0.15) is 68.2 Å². The average Bonchev–Trinajstić information content (AvgIpc) is 2.67. The molecule has 0 aliphatic carbocycles. The Hall–Kier alpha value is -0.524. The second-order valence-corrected chi connectivity index (χ2v) is 5.00. The molecule has 1 aromatic rings. The zero-order chi connectivity index (χ0) is 23.4. The van der Waals surface area contributed by atoms with E-state index in [0.717, 1.165) is 6.42 Å². The summed E-state index contributed by atoms with van der Waals surface area (Å²) >= 11 is 0. The molecule has 0 atom stereocenters. The zero-order valence-electron chi connectivity index (χ0n) is 20.4. The van der Waals surface area contributed by atoms with Crippen LogP contribution in [0.15, 0.2) is 60.9 Å². The van der Waals surface area contributed by atoms with E-state index in [1.54, 1.807) is 6.92 Å². The maximum atomic E-state index is 12.4. The van der Waals surface area contributed by atoms with E-state index < -0.39 is 0 Å². The number of allylic oxidation sites excluding steroid dienone is 3. The number of hydrogen-bond acceptors (Lipinski definition) is 2. The summed E-state index contributed by atoms with van der Waals surface area (Å²) in [5.74, 6) is 0.717. The van der Waals surface area contributed by atoms with E-state index in [1.807, 2.05) is 13.8 Å². The van der Waals surface area contributed by atoms with Crippen LogP contribution in [0.2, 0.25) is 0 Å². The molecule has 0 unspecified atom stereocenters. The summed E-state index contributed by atoms with van der Waals surface area (Å²) in [6.07, 6.45) is 7.32. The topological polar surface area (TPSA) is 26.3 Å². The van der Waals surface area contributed by atoms with Crippen molar-refractivity contribution in [1.29, 1.82) is 0 Å². The second kappa shape index (κ2) is 41.8. The molecule has 0 saturated carbocycles. The van der Waals surface area contributed by atoms with Crippen molar-refractivity contribution < 1.29 is 65.3 Å². The van der Waals surface area contributed by atoms with Crippen molar-refractivity contribution in [2.24, 2.45) is 0 Å². The predicted molar refractivity (Wildman–Crippen MR) is 125 cm³/mol. The van der Waals surface area contributed by atoms with Gasteiger partial charge in [-0.05, 0) is 51.1 Å². The van der Waals surface area contributed by atoms with Crippen molar-refractivity contribution in [3.05, 3.63) is 80.6 Å². The van der Waals surface area contributed by atoms with Crippen molar-refractivity contribution in [2.45, 2.75) is 68.2 Å². The van der Waals surface area contributed by atoms with Gasteiger partial charge in [-0.25, -0.2) is 4.39 Å². The fourth-order valence-corrected chi connectivity index (χ4v) is 0.696. The van der Waals surface area contributed by atoms with Gasteiger partial charge in [0, 0.05) is 0 Å². The predicted octanol–water partition coefficient (Wildman–Crippen LogP) is 5.48. The summed E-state index contributed by atoms with van der Waals surface area (Å²) in [5.41, 5.74) is 1.38. The van der Waals surface area contributed by atoms with Crippen molar-refractivity contribution >= 4 is 6.29 Å². The van der Waals surface area contributed by atoms with E-state index in [9.17, 15) is 4.39 Å². The third kappa shape index (κ3) is 58.4. The molecule has 0 aliphatic rings. The van der Waals surface area contributed by atoms with Crippen LogP contribution < -0.4 is 56.1 Å². The number of benzene rings is 1. The molecule has 0 fully saturated rings. The number of hydrogen-bond donors (Lipinski definition) is 0. The molecule has 2 nitrogen and oxygen atoms in total. The normalized spacial score (nSPS) is 6.86. The molecular weight excluding hydrogens is 390 g/mol. The van der Waals surface area contributed by atoms with E-state index in [2.05, 4.69) is 60.8 Å². The van der Waals surface area contributed by atoms with Crippen LogP contribution in [-0.2, 0) is 4.79 Å².